The fourth-order valence-electron chi connectivity index (χ4n) is 2.00. The monoisotopic (exact) mass is 246 g/mol. The highest BCUT2D eigenvalue weighted by atomic mass is 16.6. The maximum absolute atomic E-state index is 5.63. The van der Waals surface area contributed by atoms with Gasteiger partial charge in [0.2, 0.25) is 0 Å². The molecule has 0 saturated carbocycles. The molecule has 0 aliphatic carbocycles. The maximum Gasteiger partial charge on any atom is 0.119 e. The molecule has 0 amide bonds. The lowest BCUT2D eigenvalue weighted by Gasteiger charge is -2.04. The molecule has 2 rings (SSSR count). The molecule has 2 nitrogen and oxygen atoms in total. The second-order valence-corrected chi connectivity index (χ2v) is 5.42. The summed E-state index contributed by atoms with van der Waals surface area (Å²) in [6.45, 7) is 7.10. The van der Waals surface area contributed by atoms with Crippen LogP contribution in [0.2, 0.25) is 0 Å². The summed E-state index contributed by atoms with van der Waals surface area (Å²) in [6.07, 6.45) is 4.80. The van der Waals surface area contributed by atoms with Crippen LogP contribution in [0.15, 0.2) is 42.0 Å². The second-order valence-electron chi connectivity index (χ2n) is 5.42. The topological polar surface area (TPSA) is 21.8 Å². The number of hydrogen-bond acceptors (Lipinski definition) is 2. The lowest BCUT2D eigenvalue weighted by molar-refractivity contribution is 0.320. The van der Waals surface area contributed by atoms with Gasteiger partial charge in [-0.15, -0.1) is 0 Å². The highest BCUT2D eigenvalue weighted by molar-refractivity contribution is 5.21. The number of epoxide rings is 1. The number of hydrogen-bond donors (Lipinski definition) is 0. The Bertz CT molecular complexity index is 406. The van der Waals surface area contributed by atoms with Crippen LogP contribution in [0.3, 0.4) is 0 Å². The van der Waals surface area contributed by atoms with Crippen molar-refractivity contribution in [2.75, 3.05) is 6.61 Å². The Morgan fingerprint density at radius 2 is 2.00 bits per heavy atom. The van der Waals surface area contributed by atoms with Gasteiger partial charge < -0.3 is 9.47 Å². The molecule has 18 heavy (non-hydrogen) atoms. The van der Waals surface area contributed by atoms with Gasteiger partial charge in [-0.3, -0.25) is 0 Å². The summed E-state index contributed by atoms with van der Waals surface area (Å²) in [5.41, 5.74) is 1.48. The first-order valence-corrected chi connectivity index (χ1v) is 6.59. The van der Waals surface area contributed by atoms with E-state index in [0.717, 1.165) is 18.6 Å². The SMILES string of the molecule is CC(=CCOc1ccccc1)CCC1OC1(C)C. The van der Waals surface area contributed by atoms with Crippen molar-refractivity contribution in [3.05, 3.63) is 42.0 Å². The van der Waals surface area contributed by atoms with Crippen molar-refractivity contribution >= 4 is 0 Å². The molecule has 1 atom stereocenters. The number of ether oxygens (including phenoxy) is 2. The normalized spacial score (nSPS) is 21.7. The van der Waals surface area contributed by atoms with Gasteiger partial charge in [-0.05, 0) is 51.8 Å². The first-order valence-electron chi connectivity index (χ1n) is 6.59. The van der Waals surface area contributed by atoms with E-state index in [1.54, 1.807) is 0 Å². The lowest BCUT2D eigenvalue weighted by atomic mass is 10.0. The van der Waals surface area contributed by atoms with Gasteiger partial charge in [-0.25, -0.2) is 0 Å². The Morgan fingerprint density at radius 3 is 2.61 bits per heavy atom. The molecule has 0 N–H and O–H groups in total. The van der Waals surface area contributed by atoms with Crippen LogP contribution in [0.4, 0.5) is 0 Å². The summed E-state index contributed by atoms with van der Waals surface area (Å²) in [6, 6.07) is 9.91. The molecule has 1 aromatic carbocycles. The van der Waals surface area contributed by atoms with Gasteiger partial charge >= 0.3 is 0 Å². The van der Waals surface area contributed by atoms with E-state index in [1.165, 1.54) is 5.57 Å². The smallest absolute Gasteiger partial charge is 0.119 e. The molecule has 0 aromatic heterocycles. The minimum absolute atomic E-state index is 0.112. The minimum Gasteiger partial charge on any atom is -0.490 e. The molecule has 1 aliphatic heterocycles. The zero-order valence-corrected chi connectivity index (χ0v) is 11.5. The van der Waals surface area contributed by atoms with E-state index in [-0.39, 0.29) is 5.60 Å². The molecular weight excluding hydrogens is 224 g/mol. The molecule has 1 unspecified atom stereocenters. The van der Waals surface area contributed by atoms with Crippen LogP contribution in [0, 0.1) is 0 Å². The predicted molar refractivity (Wildman–Crippen MR) is 73.9 cm³/mol. The highest BCUT2D eigenvalue weighted by Crippen LogP contribution is 2.38. The molecule has 0 spiro atoms. The lowest BCUT2D eigenvalue weighted by Crippen LogP contribution is -2.03. The van der Waals surface area contributed by atoms with Crippen LogP contribution in [-0.4, -0.2) is 18.3 Å². The van der Waals surface area contributed by atoms with Crippen molar-refractivity contribution in [3.63, 3.8) is 0 Å². The zero-order chi connectivity index (χ0) is 13.0. The quantitative estimate of drug-likeness (QED) is 0.559. The van der Waals surface area contributed by atoms with E-state index in [2.05, 4.69) is 26.8 Å². The maximum atomic E-state index is 5.63. The molecule has 1 fully saturated rings. The van der Waals surface area contributed by atoms with E-state index < -0.39 is 0 Å². The minimum atomic E-state index is 0.112. The van der Waals surface area contributed by atoms with Crippen LogP contribution >= 0.6 is 0 Å². The Kier molecular flexibility index (Phi) is 4.07. The van der Waals surface area contributed by atoms with Gasteiger partial charge in [-0.2, -0.15) is 0 Å². The molecular formula is C16H22O2. The standard InChI is InChI=1S/C16H22O2/c1-13(9-10-15-16(2,3)18-15)11-12-17-14-7-5-4-6-8-14/h4-8,11,15H,9-10,12H2,1-3H3. The van der Waals surface area contributed by atoms with Crippen LogP contribution in [0.1, 0.15) is 33.6 Å². The first-order chi connectivity index (χ1) is 8.58. The molecule has 98 valence electrons. The molecule has 1 heterocycles. The van der Waals surface area contributed by atoms with Crippen LogP contribution in [0.25, 0.3) is 0 Å². The first kappa shape index (κ1) is 13.2. The van der Waals surface area contributed by atoms with Gasteiger partial charge in [0.15, 0.2) is 0 Å². The average Bonchev–Trinajstić information content (AvgIpc) is 2.96. The van der Waals surface area contributed by atoms with E-state index in [1.807, 2.05) is 30.3 Å². The second kappa shape index (κ2) is 5.57. The van der Waals surface area contributed by atoms with Crippen LogP contribution in [0.5, 0.6) is 5.75 Å². The average molecular weight is 246 g/mol. The molecule has 1 aromatic rings. The fourth-order valence-corrected chi connectivity index (χ4v) is 2.00. The summed E-state index contributed by atoms with van der Waals surface area (Å²) in [5.74, 6) is 0.924. The number of para-hydroxylation sites is 1. The van der Waals surface area contributed by atoms with Gasteiger partial charge in [0.05, 0.1) is 11.7 Å². The van der Waals surface area contributed by atoms with E-state index in [0.29, 0.717) is 12.7 Å². The Balaban J connectivity index is 1.66. The molecule has 1 aliphatic rings. The fraction of sp³-hybridized carbons (Fsp3) is 0.500. The van der Waals surface area contributed by atoms with Crippen molar-refractivity contribution < 1.29 is 9.47 Å². The third-order valence-electron chi connectivity index (χ3n) is 3.39. The summed E-state index contributed by atoms with van der Waals surface area (Å²) in [4.78, 5) is 0. The predicted octanol–water partition coefficient (Wildman–Crippen LogP) is 3.97. The van der Waals surface area contributed by atoms with Crippen LogP contribution < -0.4 is 4.74 Å². The molecule has 2 heteroatoms. The van der Waals surface area contributed by atoms with Crippen LogP contribution in [-0.2, 0) is 4.74 Å². The van der Waals surface area contributed by atoms with Gasteiger partial charge in [0, 0.05) is 0 Å². The Labute approximate surface area is 110 Å². The summed E-state index contributed by atoms with van der Waals surface area (Å²) in [5, 5.41) is 0. The number of benzene rings is 1. The van der Waals surface area contributed by atoms with Gasteiger partial charge in [-0.1, -0.05) is 23.8 Å². The van der Waals surface area contributed by atoms with Crippen molar-refractivity contribution in [3.8, 4) is 5.75 Å². The zero-order valence-electron chi connectivity index (χ0n) is 11.5. The van der Waals surface area contributed by atoms with Gasteiger partial charge in [0.25, 0.3) is 0 Å². The summed E-state index contributed by atoms with van der Waals surface area (Å²) in [7, 11) is 0. The largest absolute Gasteiger partial charge is 0.490 e. The molecule has 0 bridgehead atoms. The number of rotatable bonds is 6. The van der Waals surface area contributed by atoms with Crippen molar-refractivity contribution in [1.82, 2.24) is 0 Å². The van der Waals surface area contributed by atoms with E-state index in [9.17, 15) is 0 Å². The van der Waals surface area contributed by atoms with Crippen molar-refractivity contribution in [2.45, 2.75) is 45.3 Å². The van der Waals surface area contributed by atoms with E-state index >= 15 is 0 Å². The van der Waals surface area contributed by atoms with Gasteiger partial charge in [0.1, 0.15) is 12.4 Å². The summed E-state index contributed by atoms with van der Waals surface area (Å²) >= 11 is 0. The Morgan fingerprint density at radius 1 is 1.33 bits per heavy atom. The van der Waals surface area contributed by atoms with Crippen molar-refractivity contribution in [2.24, 2.45) is 0 Å². The molecule has 0 radical (unpaired) electrons. The van der Waals surface area contributed by atoms with Crippen molar-refractivity contribution in [1.29, 1.82) is 0 Å². The van der Waals surface area contributed by atoms with E-state index in [4.69, 9.17) is 9.47 Å². The molecule has 1 saturated heterocycles. The summed E-state index contributed by atoms with van der Waals surface area (Å²) < 4.78 is 11.2. The Hall–Kier alpha value is -1.28. The highest BCUT2D eigenvalue weighted by Gasteiger charge is 2.46. The third-order valence-corrected chi connectivity index (χ3v) is 3.39. The third kappa shape index (κ3) is 3.88. The number of allylic oxidation sites excluding steroid dienone is 1.